The normalized spacial score (nSPS) is 22.2. The summed E-state index contributed by atoms with van der Waals surface area (Å²) in [7, 11) is 5.52. The van der Waals surface area contributed by atoms with Crippen LogP contribution in [0, 0.1) is 0 Å². The summed E-state index contributed by atoms with van der Waals surface area (Å²) in [5.74, 6) is 1.84. The molecular weight excluding hydrogens is 326 g/mol. The number of likely N-dealkylation sites (tertiary alicyclic amines) is 1. The zero-order chi connectivity index (χ0) is 18.3. The van der Waals surface area contributed by atoms with Crippen molar-refractivity contribution in [1.82, 2.24) is 4.90 Å². The van der Waals surface area contributed by atoms with Crippen LogP contribution in [0.5, 0.6) is 11.5 Å². The first-order chi connectivity index (χ1) is 12.6. The number of ether oxygens (including phenoxy) is 2. The fourth-order valence-electron chi connectivity index (χ4n) is 4.13. The molecule has 2 aromatic carbocycles. The minimum Gasteiger partial charge on any atom is -0.493 e. The third kappa shape index (κ3) is 2.72. The number of fused-ring (bicyclic) bond motifs is 3. The van der Waals surface area contributed by atoms with Gasteiger partial charge in [-0.1, -0.05) is 18.2 Å². The van der Waals surface area contributed by atoms with Crippen LogP contribution < -0.4 is 15.2 Å². The summed E-state index contributed by atoms with van der Waals surface area (Å²) in [6.07, 6.45) is 1.05. The van der Waals surface area contributed by atoms with Crippen molar-refractivity contribution in [1.29, 1.82) is 0 Å². The smallest absolute Gasteiger partial charge is 0.161 e. The molecule has 0 aromatic heterocycles. The van der Waals surface area contributed by atoms with E-state index in [2.05, 4.69) is 18.0 Å². The van der Waals surface area contributed by atoms with Gasteiger partial charge in [-0.05, 0) is 43.8 Å². The van der Waals surface area contributed by atoms with Gasteiger partial charge in [0.1, 0.15) is 0 Å². The number of nitrogen functional groups attached to an aromatic ring is 1. The van der Waals surface area contributed by atoms with E-state index in [9.17, 15) is 0 Å². The van der Waals surface area contributed by atoms with E-state index < -0.39 is 0 Å². The van der Waals surface area contributed by atoms with Crippen LogP contribution in [0.4, 0.5) is 5.69 Å². The van der Waals surface area contributed by atoms with Crippen molar-refractivity contribution < 1.29 is 9.47 Å². The number of methoxy groups -OCH3 is 2. The third-order valence-corrected chi connectivity index (χ3v) is 5.50. The van der Waals surface area contributed by atoms with Crippen LogP contribution in [0.2, 0.25) is 0 Å². The summed E-state index contributed by atoms with van der Waals surface area (Å²) >= 11 is 0. The van der Waals surface area contributed by atoms with Crippen LogP contribution in [0.3, 0.4) is 0 Å². The molecule has 2 aliphatic heterocycles. The Labute approximate surface area is 154 Å². The molecule has 26 heavy (non-hydrogen) atoms. The molecule has 0 saturated carbocycles. The lowest BCUT2D eigenvalue weighted by molar-refractivity contribution is 0.227. The molecule has 0 radical (unpaired) electrons. The molecule has 2 aromatic rings. The first-order valence-corrected chi connectivity index (χ1v) is 9.00. The number of aliphatic imine (C=N–C) groups is 1. The number of nitrogens with two attached hydrogens (primary N) is 1. The van der Waals surface area contributed by atoms with E-state index >= 15 is 0 Å². The summed E-state index contributed by atoms with van der Waals surface area (Å²) < 4.78 is 11.1. The monoisotopic (exact) mass is 351 g/mol. The maximum absolute atomic E-state index is 6.28. The predicted molar refractivity (Wildman–Crippen MR) is 105 cm³/mol. The van der Waals surface area contributed by atoms with Crippen molar-refractivity contribution in [3.8, 4) is 11.5 Å². The summed E-state index contributed by atoms with van der Waals surface area (Å²) in [5.41, 5.74) is 11.3. The lowest BCUT2D eigenvalue weighted by Crippen LogP contribution is -2.42. The van der Waals surface area contributed by atoms with Gasteiger partial charge in [-0.2, -0.15) is 0 Å². The third-order valence-electron chi connectivity index (χ3n) is 5.50. The molecule has 5 nitrogen and oxygen atoms in total. The minimum atomic E-state index is 0.270. The number of hydrogen-bond acceptors (Lipinski definition) is 5. The van der Waals surface area contributed by atoms with Gasteiger partial charge in [-0.25, -0.2) is 0 Å². The van der Waals surface area contributed by atoms with Gasteiger partial charge in [-0.3, -0.25) is 4.99 Å². The maximum atomic E-state index is 6.28. The summed E-state index contributed by atoms with van der Waals surface area (Å²) in [6, 6.07) is 12.4. The molecule has 0 amide bonds. The van der Waals surface area contributed by atoms with Gasteiger partial charge in [0.25, 0.3) is 0 Å². The highest BCUT2D eigenvalue weighted by Gasteiger charge is 2.36. The van der Waals surface area contributed by atoms with E-state index in [1.54, 1.807) is 14.2 Å². The Kier molecular flexibility index (Phi) is 4.32. The highest BCUT2D eigenvalue weighted by molar-refractivity contribution is 6.17. The van der Waals surface area contributed by atoms with Crippen LogP contribution in [-0.4, -0.2) is 51.0 Å². The van der Waals surface area contributed by atoms with E-state index in [0.717, 1.165) is 53.5 Å². The molecule has 2 heterocycles. The van der Waals surface area contributed by atoms with Gasteiger partial charge in [-0.15, -0.1) is 0 Å². The Morgan fingerprint density at radius 1 is 1.08 bits per heavy atom. The molecule has 0 spiro atoms. The second kappa shape index (κ2) is 6.65. The molecule has 1 fully saturated rings. The Morgan fingerprint density at radius 2 is 1.81 bits per heavy atom. The van der Waals surface area contributed by atoms with Crippen LogP contribution >= 0.6 is 0 Å². The fraction of sp³-hybridized carbons (Fsp3) is 0.381. The number of piperidine rings is 1. The number of hydrogen-bond donors (Lipinski definition) is 1. The van der Waals surface area contributed by atoms with Crippen molar-refractivity contribution in [2.75, 3.05) is 40.1 Å². The van der Waals surface area contributed by atoms with Gasteiger partial charge in [0, 0.05) is 29.3 Å². The fourth-order valence-corrected chi connectivity index (χ4v) is 4.13. The Balaban J connectivity index is 1.93. The van der Waals surface area contributed by atoms with Crippen molar-refractivity contribution in [3.05, 3.63) is 53.1 Å². The zero-order valence-electron chi connectivity index (χ0n) is 15.5. The van der Waals surface area contributed by atoms with E-state index in [1.165, 1.54) is 5.56 Å². The Hall–Kier alpha value is -2.53. The van der Waals surface area contributed by atoms with Crippen molar-refractivity contribution in [2.45, 2.75) is 18.4 Å². The topological polar surface area (TPSA) is 60.1 Å². The lowest BCUT2D eigenvalue weighted by atomic mass is 9.78. The van der Waals surface area contributed by atoms with Gasteiger partial charge < -0.3 is 20.1 Å². The number of nitrogens with zero attached hydrogens (tertiary/aromatic N) is 2. The summed E-state index contributed by atoms with van der Waals surface area (Å²) in [5, 5.41) is 0. The molecule has 4 rings (SSSR count). The van der Waals surface area contributed by atoms with E-state index in [1.807, 2.05) is 30.3 Å². The van der Waals surface area contributed by atoms with Crippen LogP contribution in [0.1, 0.15) is 29.0 Å². The summed E-state index contributed by atoms with van der Waals surface area (Å²) in [4.78, 5) is 7.53. The molecule has 2 N–H and O–H groups in total. The second-order valence-corrected chi connectivity index (χ2v) is 7.08. The molecule has 0 bridgehead atoms. The van der Waals surface area contributed by atoms with Crippen molar-refractivity contribution in [3.63, 3.8) is 0 Å². The minimum absolute atomic E-state index is 0.270. The predicted octanol–water partition coefficient (Wildman–Crippen LogP) is 2.92. The van der Waals surface area contributed by atoms with Crippen LogP contribution in [0.25, 0.3) is 0 Å². The summed E-state index contributed by atoms with van der Waals surface area (Å²) in [6.45, 7) is 2.05. The van der Waals surface area contributed by atoms with Gasteiger partial charge in [0.15, 0.2) is 11.5 Å². The first-order valence-electron chi connectivity index (χ1n) is 9.00. The van der Waals surface area contributed by atoms with Crippen LogP contribution in [-0.2, 0) is 0 Å². The molecule has 2 atom stereocenters. The van der Waals surface area contributed by atoms with E-state index in [0.29, 0.717) is 5.92 Å². The molecular formula is C21H25N3O2. The first kappa shape index (κ1) is 16.9. The van der Waals surface area contributed by atoms with E-state index in [-0.39, 0.29) is 6.04 Å². The molecule has 2 aliphatic rings. The highest BCUT2D eigenvalue weighted by atomic mass is 16.5. The van der Waals surface area contributed by atoms with Crippen molar-refractivity contribution in [2.24, 2.45) is 4.99 Å². The zero-order valence-corrected chi connectivity index (χ0v) is 15.5. The number of benzene rings is 2. The molecule has 136 valence electrons. The van der Waals surface area contributed by atoms with Crippen LogP contribution in [0.15, 0.2) is 41.4 Å². The van der Waals surface area contributed by atoms with Crippen molar-refractivity contribution >= 4 is 11.4 Å². The average molecular weight is 351 g/mol. The standard InChI is InChI=1S/C21H25N3O2/c1-24-9-8-18-16(12-24)14-10-19(25-2)20(26-3)11-15(14)21(23-18)13-6-4-5-7-17(13)22/h4-7,10-11,16,18H,8-9,12,22H2,1-3H3/t16-,18-/m1/s1. The average Bonchev–Trinajstić information content (AvgIpc) is 2.67. The highest BCUT2D eigenvalue weighted by Crippen LogP contribution is 2.42. The quantitative estimate of drug-likeness (QED) is 0.864. The SMILES string of the molecule is COc1cc2c(cc1OC)[C@H]1CN(C)CC[C@H]1N=C2c1ccccc1N. The molecule has 1 saturated heterocycles. The van der Waals surface area contributed by atoms with Gasteiger partial charge in [0.2, 0.25) is 0 Å². The Bertz CT molecular complexity index is 862. The Morgan fingerprint density at radius 3 is 2.54 bits per heavy atom. The maximum Gasteiger partial charge on any atom is 0.161 e. The van der Waals surface area contributed by atoms with E-state index in [4.69, 9.17) is 20.2 Å². The number of likely N-dealkylation sites (N-methyl/N-ethyl adjacent to an activating group) is 1. The number of para-hydroxylation sites is 1. The lowest BCUT2D eigenvalue weighted by Gasteiger charge is -2.39. The largest absolute Gasteiger partial charge is 0.493 e. The molecule has 0 unspecified atom stereocenters. The van der Waals surface area contributed by atoms with Gasteiger partial charge >= 0.3 is 0 Å². The number of anilines is 1. The van der Waals surface area contributed by atoms with Gasteiger partial charge in [0.05, 0.1) is 26.0 Å². The molecule has 5 heteroatoms. The number of rotatable bonds is 3. The second-order valence-electron chi connectivity index (χ2n) is 7.08. The molecule has 0 aliphatic carbocycles.